The lowest BCUT2D eigenvalue weighted by Crippen LogP contribution is -2.46. The van der Waals surface area contributed by atoms with E-state index in [2.05, 4.69) is 16.7 Å². The van der Waals surface area contributed by atoms with Crippen molar-refractivity contribution in [2.45, 2.75) is 20.3 Å². The van der Waals surface area contributed by atoms with Gasteiger partial charge in [0.15, 0.2) is 0 Å². The van der Waals surface area contributed by atoms with E-state index in [1.54, 1.807) is 13.0 Å². The molecule has 2 rings (SSSR count). The van der Waals surface area contributed by atoms with Crippen LogP contribution in [0.2, 0.25) is 0 Å². The van der Waals surface area contributed by atoms with Crippen LogP contribution in [-0.4, -0.2) is 50.2 Å². The van der Waals surface area contributed by atoms with Gasteiger partial charge >= 0.3 is 5.97 Å². The predicted molar refractivity (Wildman–Crippen MR) is 85.8 cm³/mol. The van der Waals surface area contributed by atoms with E-state index in [0.29, 0.717) is 17.9 Å². The molecule has 0 aromatic heterocycles. The second-order valence-electron chi connectivity index (χ2n) is 5.32. The van der Waals surface area contributed by atoms with Crippen molar-refractivity contribution in [2.75, 3.05) is 50.0 Å². The van der Waals surface area contributed by atoms with Gasteiger partial charge in [0, 0.05) is 37.6 Å². The fourth-order valence-electron chi connectivity index (χ4n) is 2.67. The smallest absolute Gasteiger partial charge is 0.340 e. The number of rotatable bonds is 5. The molecule has 2 N–H and O–H groups in total. The van der Waals surface area contributed by atoms with Crippen LogP contribution in [0.3, 0.4) is 0 Å². The Labute approximate surface area is 126 Å². The highest BCUT2D eigenvalue weighted by molar-refractivity contribution is 5.96. The first-order valence-electron chi connectivity index (χ1n) is 7.69. The van der Waals surface area contributed by atoms with Crippen molar-refractivity contribution in [1.29, 1.82) is 0 Å². The molecule has 0 amide bonds. The standard InChI is InChI=1S/C16H25N3O2/c1-3-7-18-8-10-19(11-9-18)13-5-6-15(17)14(12-13)16(20)21-4-2/h5-6,12H,3-4,7-11,17H2,1-2H3. The van der Waals surface area contributed by atoms with Gasteiger partial charge in [-0.3, -0.25) is 4.90 Å². The number of carbonyl (C=O) groups is 1. The van der Waals surface area contributed by atoms with Crippen molar-refractivity contribution in [1.82, 2.24) is 4.90 Å². The Kier molecular flexibility index (Phi) is 5.44. The zero-order valence-electron chi connectivity index (χ0n) is 13.0. The SMILES string of the molecule is CCCN1CCN(c2ccc(N)c(C(=O)OCC)c2)CC1. The molecular weight excluding hydrogens is 266 g/mol. The summed E-state index contributed by atoms with van der Waals surface area (Å²) >= 11 is 0. The van der Waals surface area contributed by atoms with Crippen LogP contribution >= 0.6 is 0 Å². The summed E-state index contributed by atoms with van der Waals surface area (Å²) in [6.45, 7) is 9.60. The van der Waals surface area contributed by atoms with Crippen LogP contribution in [0.4, 0.5) is 11.4 Å². The van der Waals surface area contributed by atoms with Crippen LogP contribution < -0.4 is 10.6 Å². The highest BCUT2D eigenvalue weighted by Gasteiger charge is 2.19. The Morgan fingerprint density at radius 2 is 1.95 bits per heavy atom. The number of carbonyl (C=O) groups excluding carboxylic acids is 1. The number of nitrogens with two attached hydrogens (primary N) is 1. The minimum atomic E-state index is -0.346. The molecule has 0 atom stereocenters. The quantitative estimate of drug-likeness (QED) is 0.664. The fraction of sp³-hybridized carbons (Fsp3) is 0.562. The summed E-state index contributed by atoms with van der Waals surface area (Å²) in [5.41, 5.74) is 7.87. The minimum Gasteiger partial charge on any atom is -0.462 e. The Bertz CT molecular complexity index is 482. The molecule has 21 heavy (non-hydrogen) atoms. The zero-order valence-corrected chi connectivity index (χ0v) is 13.0. The second-order valence-corrected chi connectivity index (χ2v) is 5.32. The van der Waals surface area contributed by atoms with Gasteiger partial charge in [0.25, 0.3) is 0 Å². The molecule has 0 aliphatic carbocycles. The van der Waals surface area contributed by atoms with Crippen molar-refractivity contribution in [3.63, 3.8) is 0 Å². The first kappa shape index (κ1) is 15.6. The minimum absolute atomic E-state index is 0.346. The predicted octanol–water partition coefficient (Wildman–Crippen LogP) is 1.98. The number of hydrogen-bond donors (Lipinski definition) is 1. The third-order valence-corrected chi connectivity index (χ3v) is 3.81. The number of anilines is 2. The summed E-state index contributed by atoms with van der Waals surface area (Å²) in [4.78, 5) is 16.7. The molecule has 1 aromatic rings. The van der Waals surface area contributed by atoms with Gasteiger partial charge in [0.2, 0.25) is 0 Å². The van der Waals surface area contributed by atoms with E-state index >= 15 is 0 Å². The molecule has 0 saturated carbocycles. The fourth-order valence-corrected chi connectivity index (χ4v) is 2.67. The number of hydrogen-bond acceptors (Lipinski definition) is 5. The topological polar surface area (TPSA) is 58.8 Å². The number of benzene rings is 1. The number of nitrogen functional groups attached to an aromatic ring is 1. The normalized spacial score (nSPS) is 16.0. The van der Waals surface area contributed by atoms with Crippen LogP contribution in [-0.2, 0) is 4.74 Å². The Morgan fingerprint density at radius 3 is 2.57 bits per heavy atom. The van der Waals surface area contributed by atoms with Crippen LogP contribution in [0.15, 0.2) is 18.2 Å². The Balaban J connectivity index is 2.07. The van der Waals surface area contributed by atoms with E-state index in [-0.39, 0.29) is 5.97 Å². The van der Waals surface area contributed by atoms with Crippen LogP contribution in [0.5, 0.6) is 0 Å². The van der Waals surface area contributed by atoms with E-state index in [4.69, 9.17) is 10.5 Å². The molecule has 1 heterocycles. The maximum absolute atomic E-state index is 11.9. The lowest BCUT2D eigenvalue weighted by Gasteiger charge is -2.36. The molecule has 1 aliphatic heterocycles. The van der Waals surface area contributed by atoms with E-state index in [1.165, 1.54) is 6.42 Å². The molecule has 0 radical (unpaired) electrons. The highest BCUT2D eigenvalue weighted by atomic mass is 16.5. The molecule has 116 valence electrons. The lowest BCUT2D eigenvalue weighted by atomic mass is 10.1. The van der Waals surface area contributed by atoms with Crippen molar-refractivity contribution in [3.05, 3.63) is 23.8 Å². The van der Waals surface area contributed by atoms with Crippen LogP contribution in [0.1, 0.15) is 30.6 Å². The van der Waals surface area contributed by atoms with Gasteiger partial charge in [0.1, 0.15) is 0 Å². The monoisotopic (exact) mass is 291 g/mol. The van der Waals surface area contributed by atoms with Gasteiger partial charge in [-0.1, -0.05) is 6.92 Å². The first-order valence-corrected chi connectivity index (χ1v) is 7.69. The third-order valence-electron chi connectivity index (χ3n) is 3.81. The Morgan fingerprint density at radius 1 is 1.24 bits per heavy atom. The summed E-state index contributed by atoms with van der Waals surface area (Å²) < 4.78 is 5.05. The van der Waals surface area contributed by atoms with Gasteiger partial charge in [-0.15, -0.1) is 0 Å². The Hall–Kier alpha value is -1.75. The van der Waals surface area contributed by atoms with Gasteiger partial charge in [-0.05, 0) is 38.1 Å². The van der Waals surface area contributed by atoms with E-state index in [0.717, 1.165) is 38.4 Å². The van der Waals surface area contributed by atoms with E-state index < -0.39 is 0 Å². The molecule has 1 aliphatic rings. The van der Waals surface area contributed by atoms with Gasteiger partial charge in [-0.25, -0.2) is 4.79 Å². The number of nitrogens with zero attached hydrogens (tertiary/aromatic N) is 2. The molecule has 0 bridgehead atoms. The average Bonchev–Trinajstić information content (AvgIpc) is 2.49. The second kappa shape index (κ2) is 7.31. The van der Waals surface area contributed by atoms with Crippen LogP contribution in [0.25, 0.3) is 0 Å². The van der Waals surface area contributed by atoms with E-state index in [9.17, 15) is 4.79 Å². The molecule has 5 nitrogen and oxygen atoms in total. The first-order chi connectivity index (χ1) is 10.2. The van der Waals surface area contributed by atoms with Crippen molar-refractivity contribution in [2.24, 2.45) is 0 Å². The maximum Gasteiger partial charge on any atom is 0.340 e. The maximum atomic E-state index is 11.9. The lowest BCUT2D eigenvalue weighted by molar-refractivity contribution is 0.0527. The number of ether oxygens (including phenoxy) is 1. The molecule has 5 heteroatoms. The summed E-state index contributed by atoms with van der Waals surface area (Å²) in [7, 11) is 0. The molecule has 1 saturated heterocycles. The summed E-state index contributed by atoms with van der Waals surface area (Å²) in [6.07, 6.45) is 1.19. The number of esters is 1. The summed E-state index contributed by atoms with van der Waals surface area (Å²) in [6, 6.07) is 5.62. The molecule has 1 fully saturated rings. The molecule has 0 spiro atoms. The van der Waals surface area contributed by atoms with E-state index in [1.807, 2.05) is 12.1 Å². The number of piperazine rings is 1. The van der Waals surface area contributed by atoms with Gasteiger partial charge in [-0.2, -0.15) is 0 Å². The zero-order chi connectivity index (χ0) is 15.2. The van der Waals surface area contributed by atoms with Crippen molar-refractivity contribution < 1.29 is 9.53 Å². The summed E-state index contributed by atoms with van der Waals surface area (Å²) in [5.74, 6) is -0.346. The van der Waals surface area contributed by atoms with Crippen LogP contribution in [0, 0.1) is 0 Å². The summed E-state index contributed by atoms with van der Waals surface area (Å²) in [5, 5.41) is 0. The van der Waals surface area contributed by atoms with Gasteiger partial charge in [0.05, 0.1) is 12.2 Å². The van der Waals surface area contributed by atoms with Crippen molar-refractivity contribution >= 4 is 17.3 Å². The average molecular weight is 291 g/mol. The largest absolute Gasteiger partial charge is 0.462 e. The highest BCUT2D eigenvalue weighted by Crippen LogP contribution is 2.23. The van der Waals surface area contributed by atoms with Crippen molar-refractivity contribution in [3.8, 4) is 0 Å². The molecule has 1 aromatic carbocycles. The van der Waals surface area contributed by atoms with Gasteiger partial charge < -0.3 is 15.4 Å². The third kappa shape index (κ3) is 3.88. The molecule has 0 unspecified atom stereocenters. The molecular formula is C16H25N3O2.